The second kappa shape index (κ2) is 5.99. The lowest BCUT2D eigenvalue weighted by Crippen LogP contribution is -2.25. The fraction of sp³-hybridized carbons (Fsp3) is 0.667. The summed E-state index contributed by atoms with van der Waals surface area (Å²) in [5.74, 6) is 1.71. The second-order valence-corrected chi connectivity index (χ2v) is 8.52. The molecule has 0 saturated heterocycles. The van der Waals surface area contributed by atoms with Crippen LogP contribution in [-0.4, -0.2) is 4.83 Å². The molecule has 3 unspecified atom stereocenters. The van der Waals surface area contributed by atoms with Crippen molar-refractivity contribution in [3.63, 3.8) is 0 Å². The fourth-order valence-corrected chi connectivity index (χ4v) is 3.78. The standard InChI is InChI=1S/C18H27Br/c1-13-5-10-17(19)15(11-13)12-14-6-8-16(9-7-14)18(2,3)4/h6-9,13,15,17H,5,10-12H2,1-4H3. The van der Waals surface area contributed by atoms with Gasteiger partial charge in [-0.2, -0.15) is 0 Å². The SMILES string of the molecule is CC1CCC(Br)C(Cc2ccc(C(C)(C)C)cc2)C1. The number of benzene rings is 1. The Morgan fingerprint density at radius 3 is 2.32 bits per heavy atom. The van der Waals surface area contributed by atoms with Crippen LogP contribution >= 0.6 is 15.9 Å². The highest BCUT2D eigenvalue weighted by atomic mass is 79.9. The van der Waals surface area contributed by atoms with Crippen molar-refractivity contribution in [2.24, 2.45) is 11.8 Å². The molecule has 2 rings (SSSR count). The van der Waals surface area contributed by atoms with Crippen molar-refractivity contribution in [1.82, 2.24) is 0 Å². The molecule has 1 aliphatic carbocycles. The minimum Gasteiger partial charge on any atom is -0.0888 e. The lowest BCUT2D eigenvalue weighted by molar-refractivity contribution is 0.294. The third kappa shape index (κ3) is 4.08. The van der Waals surface area contributed by atoms with Crippen molar-refractivity contribution in [1.29, 1.82) is 0 Å². The van der Waals surface area contributed by atoms with E-state index in [2.05, 4.69) is 67.9 Å². The van der Waals surface area contributed by atoms with Crippen LogP contribution in [0.25, 0.3) is 0 Å². The Labute approximate surface area is 127 Å². The van der Waals surface area contributed by atoms with Gasteiger partial charge >= 0.3 is 0 Å². The van der Waals surface area contributed by atoms with Gasteiger partial charge in [-0.05, 0) is 54.1 Å². The van der Waals surface area contributed by atoms with E-state index in [1.807, 2.05) is 0 Å². The topological polar surface area (TPSA) is 0 Å². The van der Waals surface area contributed by atoms with Crippen LogP contribution in [0.3, 0.4) is 0 Å². The number of halogens is 1. The van der Waals surface area contributed by atoms with Crippen LogP contribution in [-0.2, 0) is 11.8 Å². The Morgan fingerprint density at radius 1 is 1.11 bits per heavy atom. The van der Waals surface area contributed by atoms with E-state index in [9.17, 15) is 0 Å². The van der Waals surface area contributed by atoms with Crippen molar-refractivity contribution < 1.29 is 0 Å². The zero-order chi connectivity index (χ0) is 14.0. The van der Waals surface area contributed by atoms with Gasteiger partial charge in [-0.15, -0.1) is 0 Å². The monoisotopic (exact) mass is 322 g/mol. The molecule has 0 aromatic heterocycles. The molecular formula is C18H27Br. The Kier molecular flexibility index (Phi) is 4.76. The average Bonchev–Trinajstić information content (AvgIpc) is 2.33. The lowest BCUT2D eigenvalue weighted by Gasteiger charge is -2.31. The first-order valence-corrected chi connectivity index (χ1v) is 8.51. The molecule has 0 heterocycles. The Morgan fingerprint density at radius 2 is 1.74 bits per heavy atom. The van der Waals surface area contributed by atoms with E-state index in [0.29, 0.717) is 4.83 Å². The van der Waals surface area contributed by atoms with Crippen LogP contribution in [0.5, 0.6) is 0 Å². The van der Waals surface area contributed by atoms with Gasteiger partial charge < -0.3 is 0 Å². The highest BCUT2D eigenvalue weighted by molar-refractivity contribution is 9.09. The molecule has 0 amide bonds. The summed E-state index contributed by atoms with van der Waals surface area (Å²) in [5.41, 5.74) is 3.19. The Balaban J connectivity index is 2.03. The summed E-state index contributed by atoms with van der Waals surface area (Å²) in [5, 5.41) is 0. The largest absolute Gasteiger partial charge is 0.0888 e. The van der Waals surface area contributed by atoms with Crippen LogP contribution in [0.4, 0.5) is 0 Å². The van der Waals surface area contributed by atoms with Gasteiger partial charge in [-0.1, -0.05) is 67.9 Å². The average molecular weight is 323 g/mol. The number of hydrogen-bond acceptors (Lipinski definition) is 0. The van der Waals surface area contributed by atoms with E-state index in [0.717, 1.165) is 11.8 Å². The Bertz CT molecular complexity index is 399. The van der Waals surface area contributed by atoms with Gasteiger partial charge in [-0.3, -0.25) is 0 Å². The lowest BCUT2D eigenvalue weighted by atomic mass is 9.79. The molecule has 1 aromatic carbocycles. The zero-order valence-corrected chi connectivity index (χ0v) is 14.3. The third-order valence-electron chi connectivity index (χ3n) is 4.47. The minimum atomic E-state index is 0.260. The predicted molar refractivity (Wildman–Crippen MR) is 88.1 cm³/mol. The van der Waals surface area contributed by atoms with Gasteiger partial charge in [0, 0.05) is 4.83 Å². The zero-order valence-electron chi connectivity index (χ0n) is 12.7. The van der Waals surface area contributed by atoms with E-state index in [1.54, 1.807) is 0 Å². The van der Waals surface area contributed by atoms with E-state index in [4.69, 9.17) is 0 Å². The highest BCUT2D eigenvalue weighted by Crippen LogP contribution is 2.35. The van der Waals surface area contributed by atoms with Crippen LogP contribution in [0.15, 0.2) is 24.3 Å². The molecule has 1 aliphatic rings. The van der Waals surface area contributed by atoms with Crippen molar-refractivity contribution in [2.75, 3.05) is 0 Å². The van der Waals surface area contributed by atoms with E-state index in [-0.39, 0.29) is 5.41 Å². The summed E-state index contributed by atoms with van der Waals surface area (Å²) < 4.78 is 0. The van der Waals surface area contributed by atoms with Gasteiger partial charge in [0.2, 0.25) is 0 Å². The molecular weight excluding hydrogens is 296 g/mol. The molecule has 0 bridgehead atoms. The van der Waals surface area contributed by atoms with E-state index >= 15 is 0 Å². The molecule has 19 heavy (non-hydrogen) atoms. The molecule has 0 spiro atoms. The minimum absolute atomic E-state index is 0.260. The van der Waals surface area contributed by atoms with Crippen LogP contribution in [0.1, 0.15) is 58.1 Å². The second-order valence-electron chi connectivity index (χ2n) is 7.35. The first kappa shape index (κ1) is 15.1. The molecule has 1 heteroatoms. The third-order valence-corrected chi connectivity index (χ3v) is 5.68. The maximum absolute atomic E-state index is 3.89. The summed E-state index contributed by atoms with van der Waals surface area (Å²) in [6, 6.07) is 9.29. The molecule has 1 saturated carbocycles. The van der Waals surface area contributed by atoms with Gasteiger partial charge in [0.15, 0.2) is 0 Å². The van der Waals surface area contributed by atoms with E-state index < -0.39 is 0 Å². The molecule has 106 valence electrons. The molecule has 1 fully saturated rings. The smallest absolute Gasteiger partial charge is 0.0177 e. The predicted octanol–water partition coefficient (Wildman–Crippen LogP) is 5.73. The number of alkyl halides is 1. The molecule has 0 nitrogen and oxygen atoms in total. The quantitative estimate of drug-likeness (QED) is 0.610. The fourth-order valence-electron chi connectivity index (χ4n) is 3.12. The van der Waals surface area contributed by atoms with Crippen molar-refractivity contribution in [3.8, 4) is 0 Å². The van der Waals surface area contributed by atoms with Gasteiger partial charge in [0.05, 0.1) is 0 Å². The summed E-state index contributed by atoms with van der Waals surface area (Å²) in [6.07, 6.45) is 5.32. The van der Waals surface area contributed by atoms with Crippen molar-refractivity contribution >= 4 is 15.9 Å². The summed E-state index contributed by atoms with van der Waals surface area (Å²) >= 11 is 3.89. The molecule has 0 aliphatic heterocycles. The maximum Gasteiger partial charge on any atom is 0.0177 e. The molecule has 3 atom stereocenters. The first-order chi connectivity index (χ1) is 8.86. The maximum atomic E-state index is 3.89. The number of rotatable bonds is 2. The summed E-state index contributed by atoms with van der Waals surface area (Å²) in [6.45, 7) is 9.23. The molecule has 1 aromatic rings. The Hall–Kier alpha value is -0.300. The molecule has 0 radical (unpaired) electrons. The summed E-state index contributed by atoms with van der Waals surface area (Å²) in [4.78, 5) is 0.714. The summed E-state index contributed by atoms with van der Waals surface area (Å²) in [7, 11) is 0. The van der Waals surface area contributed by atoms with Crippen LogP contribution in [0, 0.1) is 11.8 Å². The van der Waals surface area contributed by atoms with Gasteiger partial charge in [0.25, 0.3) is 0 Å². The van der Waals surface area contributed by atoms with Crippen molar-refractivity contribution in [2.45, 2.75) is 63.6 Å². The first-order valence-electron chi connectivity index (χ1n) is 7.60. The van der Waals surface area contributed by atoms with Gasteiger partial charge in [-0.25, -0.2) is 0 Å². The van der Waals surface area contributed by atoms with Crippen LogP contribution in [0.2, 0.25) is 0 Å². The van der Waals surface area contributed by atoms with Crippen molar-refractivity contribution in [3.05, 3.63) is 35.4 Å². The van der Waals surface area contributed by atoms with Gasteiger partial charge in [0.1, 0.15) is 0 Å². The van der Waals surface area contributed by atoms with Crippen LogP contribution < -0.4 is 0 Å². The highest BCUT2D eigenvalue weighted by Gasteiger charge is 2.26. The molecule has 0 N–H and O–H groups in total. The number of hydrogen-bond donors (Lipinski definition) is 0. The van der Waals surface area contributed by atoms with E-state index in [1.165, 1.54) is 36.8 Å². The normalized spacial score (nSPS) is 28.4.